The third-order valence-electron chi connectivity index (χ3n) is 4.21. The molecule has 0 spiro atoms. The standard InChI is InChI=1S/C13H24N2O/c1-10(11-7-8-11)15(2)13(16)9-14-12-5-3-4-6-12/h10-12,14H,3-9H2,1-2H3. The van der Waals surface area contributed by atoms with Crippen LogP contribution in [0.3, 0.4) is 0 Å². The largest absolute Gasteiger partial charge is 0.342 e. The Kier molecular flexibility index (Phi) is 3.85. The van der Waals surface area contributed by atoms with E-state index >= 15 is 0 Å². The Morgan fingerprint density at radius 3 is 2.50 bits per heavy atom. The number of carbonyl (C=O) groups is 1. The summed E-state index contributed by atoms with van der Waals surface area (Å²) in [5.74, 6) is 1.02. The zero-order valence-electron chi connectivity index (χ0n) is 10.5. The van der Waals surface area contributed by atoms with E-state index in [9.17, 15) is 4.79 Å². The van der Waals surface area contributed by atoms with Crippen LogP contribution >= 0.6 is 0 Å². The minimum atomic E-state index is 0.256. The summed E-state index contributed by atoms with van der Waals surface area (Å²) in [6.07, 6.45) is 7.73. The van der Waals surface area contributed by atoms with Crippen molar-refractivity contribution in [2.75, 3.05) is 13.6 Å². The molecule has 0 saturated heterocycles. The number of hydrogen-bond donors (Lipinski definition) is 1. The molecule has 2 rings (SSSR count). The van der Waals surface area contributed by atoms with Crippen LogP contribution in [0.5, 0.6) is 0 Å². The lowest BCUT2D eigenvalue weighted by atomic mass is 10.2. The molecule has 1 amide bonds. The fourth-order valence-electron chi connectivity index (χ4n) is 2.61. The van der Waals surface area contributed by atoms with Crippen LogP contribution in [-0.4, -0.2) is 36.5 Å². The molecule has 2 saturated carbocycles. The fraction of sp³-hybridized carbons (Fsp3) is 0.923. The third-order valence-corrected chi connectivity index (χ3v) is 4.21. The second-order valence-corrected chi connectivity index (χ2v) is 5.44. The van der Waals surface area contributed by atoms with Crippen molar-refractivity contribution in [1.82, 2.24) is 10.2 Å². The Bertz CT molecular complexity index is 244. The number of amides is 1. The molecule has 1 N–H and O–H groups in total. The molecule has 0 aromatic heterocycles. The molecule has 2 fully saturated rings. The monoisotopic (exact) mass is 224 g/mol. The summed E-state index contributed by atoms with van der Waals surface area (Å²) in [4.78, 5) is 13.9. The Hall–Kier alpha value is -0.570. The first-order chi connectivity index (χ1) is 7.68. The summed E-state index contributed by atoms with van der Waals surface area (Å²) in [6, 6.07) is 1.02. The van der Waals surface area contributed by atoms with E-state index in [4.69, 9.17) is 0 Å². The summed E-state index contributed by atoms with van der Waals surface area (Å²) in [5.41, 5.74) is 0. The minimum absolute atomic E-state index is 0.256. The second-order valence-electron chi connectivity index (χ2n) is 5.44. The van der Waals surface area contributed by atoms with Gasteiger partial charge in [-0.05, 0) is 38.5 Å². The Morgan fingerprint density at radius 2 is 1.94 bits per heavy atom. The molecule has 0 radical (unpaired) electrons. The van der Waals surface area contributed by atoms with Gasteiger partial charge in [0.1, 0.15) is 0 Å². The molecule has 0 aromatic rings. The Morgan fingerprint density at radius 1 is 1.31 bits per heavy atom. The summed E-state index contributed by atoms with van der Waals surface area (Å²) in [5, 5.41) is 3.39. The summed E-state index contributed by atoms with van der Waals surface area (Å²) in [7, 11) is 1.95. The fourth-order valence-corrected chi connectivity index (χ4v) is 2.61. The van der Waals surface area contributed by atoms with Crippen LogP contribution < -0.4 is 5.32 Å². The molecule has 3 nitrogen and oxygen atoms in total. The molecule has 1 atom stereocenters. The zero-order valence-corrected chi connectivity index (χ0v) is 10.5. The Labute approximate surface area is 98.6 Å². The molecule has 0 aliphatic heterocycles. The molecule has 92 valence electrons. The lowest BCUT2D eigenvalue weighted by molar-refractivity contribution is -0.131. The average molecular weight is 224 g/mol. The maximum Gasteiger partial charge on any atom is 0.236 e. The van der Waals surface area contributed by atoms with Crippen molar-refractivity contribution in [2.24, 2.45) is 5.92 Å². The molecule has 3 heteroatoms. The molecule has 2 aliphatic rings. The normalized spacial score (nSPS) is 23.4. The summed E-state index contributed by atoms with van der Waals surface area (Å²) < 4.78 is 0. The number of hydrogen-bond acceptors (Lipinski definition) is 2. The maximum absolute atomic E-state index is 11.9. The van der Waals surface area contributed by atoms with Gasteiger partial charge in [-0.3, -0.25) is 4.79 Å². The molecule has 0 heterocycles. The van der Waals surface area contributed by atoms with Gasteiger partial charge in [0.2, 0.25) is 5.91 Å². The molecule has 0 aromatic carbocycles. The zero-order chi connectivity index (χ0) is 11.5. The molecule has 1 unspecified atom stereocenters. The lowest BCUT2D eigenvalue weighted by Gasteiger charge is -2.25. The maximum atomic E-state index is 11.9. The molecular formula is C13H24N2O. The van der Waals surface area contributed by atoms with Crippen molar-refractivity contribution in [3.63, 3.8) is 0 Å². The Balaban J connectivity index is 1.69. The van der Waals surface area contributed by atoms with E-state index in [1.165, 1.54) is 38.5 Å². The molecule has 16 heavy (non-hydrogen) atoms. The van der Waals surface area contributed by atoms with Gasteiger partial charge >= 0.3 is 0 Å². The van der Waals surface area contributed by atoms with Gasteiger partial charge in [-0.15, -0.1) is 0 Å². The van der Waals surface area contributed by atoms with Crippen molar-refractivity contribution in [2.45, 2.75) is 57.5 Å². The van der Waals surface area contributed by atoms with Crippen molar-refractivity contribution in [3.8, 4) is 0 Å². The number of nitrogens with one attached hydrogen (secondary N) is 1. The molecular weight excluding hydrogens is 200 g/mol. The van der Waals surface area contributed by atoms with E-state index < -0.39 is 0 Å². The van der Waals surface area contributed by atoms with Crippen LogP contribution in [0.15, 0.2) is 0 Å². The van der Waals surface area contributed by atoms with Crippen molar-refractivity contribution >= 4 is 5.91 Å². The van der Waals surface area contributed by atoms with E-state index in [2.05, 4.69) is 12.2 Å². The van der Waals surface area contributed by atoms with Crippen LogP contribution in [0.1, 0.15) is 45.4 Å². The van der Waals surface area contributed by atoms with E-state index in [0.29, 0.717) is 18.6 Å². The average Bonchev–Trinajstić information content (AvgIpc) is 3.01. The quantitative estimate of drug-likeness (QED) is 0.772. The van der Waals surface area contributed by atoms with Gasteiger partial charge in [0.15, 0.2) is 0 Å². The highest BCUT2D eigenvalue weighted by Gasteiger charge is 2.32. The minimum Gasteiger partial charge on any atom is -0.342 e. The first-order valence-corrected chi connectivity index (χ1v) is 6.67. The predicted octanol–water partition coefficient (Wildman–Crippen LogP) is 1.78. The summed E-state index contributed by atoms with van der Waals surface area (Å²) >= 11 is 0. The summed E-state index contributed by atoms with van der Waals surface area (Å²) in [6.45, 7) is 2.70. The number of likely N-dealkylation sites (N-methyl/N-ethyl adjacent to an activating group) is 1. The second kappa shape index (κ2) is 5.17. The first kappa shape index (κ1) is 11.9. The van der Waals surface area contributed by atoms with Gasteiger partial charge < -0.3 is 10.2 Å². The highest BCUT2D eigenvalue weighted by molar-refractivity contribution is 5.78. The van der Waals surface area contributed by atoms with Crippen LogP contribution in [0.4, 0.5) is 0 Å². The van der Waals surface area contributed by atoms with E-state index in [0.717, 1.165) is 5.92 Å². The topological polar surface area (TPSA) is 32.3 Å². The van der Waals surface area contributed by atoms with Gasteiger partial charge in [0.05, 0.1) is 6.54 Å². The number of carbonyl (C=O) groups excluding carboxylic acids is 1. The van der Waals surface area contributed by atoms with E-state index in [1.807, 2.05) is 11.9 Å². The van der Waals surface area contributed by atoms with E-state index in [-0.39, 0.29) is 5.91 Å². The van der Waals surface area contributed by atoms with Crippen molar-refractivity contribution < 1.29 is 4.79 Å². The van der Waals surface area contributed by atoms with Gasteiger partial charge in [-0.25, -0.2) is 0 Å². The van der Waals surface area contributed by atoms with Gasteiger partial charge in [-0.1, -0.05) is 12.8 Å². The molecule has 0 bridgehead atoms. The lowest BCUT2D eigenvalue weighted by Crippen LogP contribution is -2.43. The molecule has 2 aliphatic carbocycles. The van der Waals surface area contributed by atoms with Gasteiger partial charge in [-0.2, -0.15) is 0 Å². The van der Waals surface area contributed by atoms with Crippen LogP contribution in [0, 0.1) is 5.92 Å². The number of nitrogens with zero attached hydrogens (tertiary/aromatic N) is 1. The third kappa shape index (κ3) is 2.97. The van der Waals surface area contributed by atoms with Crippen LogP contribution in [-0.2, 0) is 4.79 Å². The highest BCUT2D eigenvalue weighted by Crippen LogP contribution is 2.34. The van der Waals surface area contributed by atoms with Gasteiger partial charge in [0.25, 0.3) is 0 Å². The predicted molar refractivity (Wildman–Crippen MR) is 65.2 cm³/mol. The number of rotatable bonds is 5. The van der Waals surface area contributed by atoms with E-state index in [1.54, 1.807) is 0 Å². The van der Waals surface area contributed by atoms with Crippen molar-refractivity contribution in [3.05, 3.63) is 0 Å². The highest BCUT2D eigenvalue weighted by atomic mass is 16.2. The van der Waals surface area contributed by atoms with Crippen LogP contribution in [0.2, 0.25) is 0 Å². The smallest absolute Gasteiger partial charge is 0.236 e. The van der Waals surface area contributed by atoms with Crippen LogP contribution in [0.25, 0.3) is 0 Å². The first-order valence-electron chi connectivity index (χ1n) is 6.67. The van der Waals surface area contributed by atoms with Gasteiger partial charge in [0, 0.05) is 19.1 Å². The van der Waals surface area contributed by atoms with Crippen molar-refractivity contribution in [1.29, 1.82) is 0 Å². The SMILES string of the molecule is CC(C1CC1)N(C)C(=O)CNC1CCCC1.